The van der Waals surface area contributed by atoms with Crippen LogP contribution in [0.2, 0.25) is 0 Å². The zero-order valence-corrected chi connectivity index (χ0v) is 13.5. The number of amides is 1. The summed E-state index contributed by atoms with van der Waals surface area (Å²) in [5, 5.41) is 0. The van der Waals surface area contributed by atoms with Gasteiger partial charge in [0.1, 0.15) is 18.3 Å². The highest BCUT2D eigenvalue weighted by Gasteiger charge is 2.18. The molecule has 0 fully saturated rings. The van der Waals surface area contributed by atoms with E-state index >= 15 is 0 Å². The van der Waals surface area contributed by atoms with Gasteiger partial charge in [0.15, 0.2) is 4.90 Å². The highest BCUT2D eigenvalue weighted by Crippen LogP contribution is 2.31. The van der Waals surface area contributed by atoms with Crippen molar-refractivity contribution < 1.29 is 9.53 Å². The second kappa shape index (κ2) is 6.85. The standard InChI is InChI=1S/C15H24NO2S/c1-7-11(2)13-10-12(19(5)6)8-9-14(13)18-15(17)16(3)4/h8-11H,7H2,1-6H3/q+1. The van der Waals surface area contributed by atoms with Crippen LogP contribution < -0.4 is 4.74 Å². The highest BCUT2D eigenvalue weighted by atomic mass is 32.2. The molecule has 1 amide bonds. The van der Waals surface area contributed by atoms with Crippen molar-refractivity contribution in [3.63, 3.8) is 0 Å². The van der Waals surface area contributed by atoms with Gasteiger partial charge in [0, 0.05) is 36.6 Å². The van der Waals surface area contributed by atoms with E-state index in [1.54, 1.807) is 14.1 Å². The molecule has 1 rings (SSSR count). The van der Waals surface area contributed by atoms with Crippen LogP contribution in [0.1, 0.15) is 31.7 Å². The molecular formula is C15H24NO2S+. The summed E-state index contributed by atoms with van der Waals surface area (Å²) in [7, 11) is 3.59. The van der Waals surface area contributed by atoms with Crippen molar-refractivity contribution in [3.8, 4) is 5.75 Å². The predicted molar refractivity (Wildman–Crippen MR) is 82.3 cm³/mol. The quantitative estimate of drug-likeness (QED) is 0.791. The largest absolute Gasteiger partial charge is 0.414 e. The van der Waals surface area contributed by atoms with Crippen LogP contribution in [-0.4, -0.2) is 37.6 Å². The zero-order chi connectivity index (χ0) is 14.6. The Balaban J connectivity index is 3.12. The monoisotopic (exact) mass is 282 g/mol. The van der Waals surface area contributed by atoms with E-state index in [1.807, 2.05) is 12.1 Å². The number of rotatable bonds is 4. The van der Waals surface area contributed by atoms with Gasteiger partial charge in [0.2, 0.25) is 0 Å². The Labute approximate surface area is 119 Å². The van der Waals surface area contributed by atoms with Crippen LogP contribution in [0.25, 0.3) is 0 Å². The highest BCUT2D eigenvalue weighted by molar-refractivity contribution is 7.95. The van der Waals surface area contributed by atoms with E-state index in [-0.39, 0.29) is 17.0 Å². The van der Waals surface area contributed by atoms with Gasteiger partial charge in [-0.25, -0.2) is 4.79 Å². The number of carbonyl (C=O) groups excluding carboxylic acids is 1. The average Bonchev–Trinajstić information content (AvgIpc) is 2.37. The molecule has 0 aromatic heterocycles. The molecule has 3 nitrogen and oxygen atoms in total. The Morgan fingerprint density at radius 2 is 2.00 bits per heavy atom. The van der Waals surface area contributed by atoms with Gasteiger partial charge in [-0.2, -0.15) is 0 Å². The Morgan fingerprint density at radius 3 is 2.47 bits per heavy atom. The molecule has 0 bridgehead atoms. The molecule has 0 spiro atoms. The minimum absolute atomic E-state index is 0.212. The lowest BCUT2D eigenvalue weighted by Gasteiger charge is -2.17. The third-order valence-electron chi connectivity index (χ3n) is 3.16. The fourth-order valence-electron chi connectivity index (χ4n) is 1.66. The minimum atomic E-state index is -0.329. The molecule has 0 radical (unpaired) electrons. The molecule has 0 aliphatic heterocycles. The van der Waals surface area contributed by atoms with Gasteiger partial charge in [0.25, 0.3) is 0 Å². The molecule has 19 heavy (non-hydrogen) atoms. The van der Waals surface area contributed by atoms with Gasteiger partial charge in [-0.3, -0.25) is 0 Å². The summed E-state index contributed by atoms with van der Waals surface area (Å²) in [6, 6.07) is 6.15. The fraction of sp³-hybridized carbons (Fsp3) is 0.533. The summed E-state index contributed by atoms with van der Waals surface area (Å²) < 4.78 is 5.45. The summed E-state index contributed by atoms with van der Waals surface area (Å²) in [4.78, 5) is 14.4. The number of ether oxygens (including phenoxy) is 1. The van der Waals surface area contributed by atoms with Crippen molar-refractivity contribution >= 4 is 17.0 Å². The number of hydrogen-bond donors (Lipinski definition) is 0. The van der Waals surface area contributed by atoms with E-state index in [1.165, 1.54) is 9.80 Å². The van der Waals surface area contributed by atoms with Crippen LogP contribution in [0.4, 0.5) is 4.79 Å². The SMILES string of the molecule is CCC(C)c1cc([S+](C)C)ccc1OC(=O)N(C)C. The third kappa shape index (κ3) is 4.16. The van der Waals surface area contributed by atoms with Crippen LogP contribution in [0, 0.1) is 0 Å². The second-order valence-electron chi connectivity index (χ2n) is 5.09. The summed E-state index contributed by atoms with van der Waals surface area (Å²) in [6.45, 7) is 4.31. The van der Waals surface area contributed by atoms with E-state index in [9.17, 15) is 4.79 Å². The molecule has 1 aromatic rings. The Bertz CT molecular complexity index is 444. The normalized spacial score (nSPS) is 12.4. The first-order valence-corrected chi connectivity index (χ1v) is 8.51. The van der Waals surface area contributed by atoms with Crippen LogP contribution in [-0.2, 0) is 10.9 Å². The maximum atomic E-state index is 11.7. The van der Waals surface area contributed by atoms with E-state index in [2.05, 4.69) is 32.4 Å². The van der Waals surface area contributed by atoms with Crippen LogP contribution in [0.3, 0.4) is 0 Å². The van der Waals surface area contributed by atoms with Gasteiger partial charge >= 0.3 is 6.09 Å². The second-order valence-corrected chi connectivity index (χ2v) is 7.19. The van der Waals surface area contributed by atoms with E-state index in [4.69, 9.17) is 4.74 Å². The maximum Gasteiger partial charge on any atom is 0.414 e. The summed E-state index contributed by atoms with van der Waals surface area (Å²) >= 11 is 0. The van der Waals surface area contributed by atoms with Gasteiger partial charge in [-0.15, -0.1) is 0 Å². The van der Waals surface area contributed by atoms with Gasteiger partial charge in [0.05, 0.1) is 0 Å². The molecule has 0 aliphatic rings. The molecule has 0 aliphatic carbocycles. The van der Waals surface area contributed by atoms with Crippen molar-refractivity contribution in [1.82, 2.24) is 4.90 Å². The first-order chi connectivity index (χ1) is 8.86. The van der Waals surface area contributed by atoms with Crippen molar-refractivity contribution in [2.24, 2.45) is 0 Å². The van der Waals surface area contributed by atoms with Crippen molar-refractivity contribution in [2.45, 2.75) is 31.1 Å². The Morgan fingerprint density at radius 1 is 1.37 bits per heavy atom. The minimum Gasteiger partial charge on any atom is -0.410 e. The molecule has 1 unspecified atom stereocenters. The molecule has 1 aromatic carbocycles. The van der Waals surface area contributed by atoms with Gasteiger partial charge in [-0.05, 0) is 24.5 Å². The van der Waals surface area contributed by atoms with Crippen LogP contribution >= 0.6 is 0 Å². The number of nitrogens with zero attached hydrogens (tertiary/aromatic N) is 1. The lowest BCUT2D eigenvalue weighted by molar-refractivity contribution is 0.171. The lowest BCUT2D eigenvalue weighted by atomic mass is 9.98. The molecule has 0 saturated heterocycles. The third-order valence-corrected chi connectivity index (χ3v) is 4.36. The Hall–Kier alpha value is -1.16. The first kappa shape index (κ1) is 15.9. The molecular weight excluding hydrogens is 258 g/mol. The number of benzene rings is 1. The molecule has 106 valence electrons. The molecule has 0 saturated carbocycles. The zero-order valence-electron chi connectivity index (χ0n) is 12.7. The molecule has 1 atom stereocenters. The van der Waals surface area contributed by atoms with Gasteiger partial charge < -0.3 is 9.64 Å². The number of carbonyl (C=O) groups is 1. The van der Waals surface area contributed by atoms with E-state index in [0.29, 0.717) is 11.7 Å². The van der Waals surface area contributed by atoms with Crippen LogP contribution in [0.15, 0.2) is 23.1 Å². The van der Waals surface area contributed by atoms with Crippen molar-refractivity contribution in [2.75, 3.05) is 26.6 Å². The van der Waals surface area contributed by atoms with Crippen molar-refractivity contribution in [1.29, 1.82) is 0 Å². The molecule has 4 heteroatoms. The van der Waals surface area contributed by atoms with Crippen molar-refractivity contribution in [3.05, 3.63) is 23.8 Å². The fourth-order valence-corrected chi connectivity index (χ4v) is 2.37. The van der Waals surface area contributed by atoms with E-state index < -0.39 is 0 Å². The summed E-state index contributed by atoms with van der Waals surface area (Å²) in [5.41, 5.74) is 1.12. The van der Waals surface area contributed by atoms with E-state index in [0.717, 1.165) is 12.0 Å². The summed E-state index contributed by atoms with van der Waals surface area (Å²) in [6.07, 6.45) is 5.09. The smallest absolute Gasteiger partial charge is 0.410 e. The van der Waals surface area contributed by atoms with Gasteiger partial charge in [-0.1, -0.05) is 13.8 Å². The average molecular weight is 282 g/mol. The van der Waals surface area contributed by atoms with Crippen LogP contribution in [0.5, 0.6) is 5.75 Å². The molecule has 0 N–H and O–H groups in total. The molecule has 0 heterocycles. The Kier molecular flexibility index (Phi) is 5.73. The first-order valence-electron chi connectivity index (χ1n) is 6.47. The maximum absolute atomic E-state index is 11.7. The topological polar surface area (TPSA) is 29.5 Å². The predicted octanol–water partition coefficient (Wildman–Crippen LogP) is 3.50. The summed E-state index contributed by atoms with van der Waals surface area (Å²) in [5.74, 6) is 1.07. The lowest BCUT2D eigenvalue weighted by Crippen LogP contribution is -2.25. The number of hydrogen-bond acceptors (Lipinski definition) is 2.